The summed E-state index contributed by atoms with van der Waals surface area (Å²) in [4.78, 5) is 15.5. The van der Waals surface area contributed by atoms with Crippen molar-refractivity contribution in [2.75, 3.05) is 13.1 Å². The topological polar surface area (TPSA) is 35.9 Å². The van der Waals surface area contributed by atoms with Crippen molar-refractivity contribution in [2.45, 2.75) is 51.6 Å². The summed E-state index contributed by atoms with van der Waals surface area (Å²) in [6.45, 7) is 5.53. The number of rotatable bonds is 4. The van der Waals surface area contributed by atoms with Crippen LogP contribution >= 0.6 is 0 Å². The fraction of sp³-hybridized carbons (Fsp3) is 0.417. The number of hydrogen-bond donors (Lipinski definition) is 0. The highest BCUT2D eigenvalue weighted by atomic mass is 19.1. The molecule has 4 rings (SSSR count). The van der Waals surface area contributed by atoms with E-state index < -0.39 is 0 Å². The van der Waals surface area contributed by atoms with E-state index >= 15 is 0 Å². The number of piperidine rings is 1. The molecule has 1 saturated heterocycles. The molecule has 29 heavy (non-hydrogen) atoms. The molecule has 0 aromatic heterocycles. The minimum atomic E-state index is -0.289. The fourth-order valence-electron chi connectivity index (χ4n) is 4.27. The van der Waals surface area contributed by atoms with Crippen LogP contribution in [0.25, 0.3) is 0 Å². The molecule has 1 fully saturated rings. The van der Waals surface area contributed by atoms with Gasteiger partial charge < -0.3 is 0 Å². The third-order valence-electron chi connectivity index (χ3n) is 6.06. The van der Waals surface area contributed by atoms with Gasteiger partial charge in [-0.2, -0.15) is 5.10 Å². The lowest BCUT2D eigenvalue weighted by atomic mass is 9.98. The Kier molecular flexibility index (Phi) is 5.76. The van der Waals surface area contributed by atoms with Crippen LogP contribution in [0.4, 0.5) is 4.39 Å². The highest BCUT2D eigenvalue weighted by molar-refractivity contribution is 6.03. The zero-order valence-electron chi connectivity index (χ0n) is 17.1. The number of likely N-dealkylation sites (tertiary alicyclic amines) is 1. The predicted molar refractivity (Wildman–Crippen MR) is 113 cm³/mol. The van der Waals surface area contributed by atoms with E-state index in [-0.39, 0.29) is 17.8 Å². The second-order valence-electron chi connectivity index (χ2n) is 8.24. The van der Waals surface area contributed by atoms with E-state index in [1.165, 1.54) is 24.1 Å². The van der Waals surface area contributed by atoms with E-state index in [9.17, 15) is 9.18 Å². The summed E-state index contributed by atoms with van der Waals surface area (Å²) in [5, 5.41) is 6.31. The maximum absolute atomic E-state index is 13.9. The third-order valence-corrected chi connectivity index (χ3v) is 6.06. The first-order valence-electron chi connectivity index (χ1n) is 10.5. The van der Waals surface area contributed by atoms with Crippen molar-refractivity contribution >= 4 is 11.6 Å². The Labute approximate surface area is 172 Å². The van der Waals surface area contributed by atoms with Crippen LogP contribution < -0.4 is 0 Å². The molecular formula is C24H28FN3O. The predicted octanol–water partition coefficient (Wildman–Crippen LogP) is 4.69. The standard InChI is InChI=1S/C24H28FN3O/c1-17-9-11-19(12-10-17)22-15-23(20-7-5-8-21(25)14-20)28(26-22)24(29)16-27-13-4-3-6-18(27)2/h5,7-12,14,18,23H,3-4,6,13,15-16H2,1-2H3. The van der Waals surface area contributed by atoms with E-state index in [1.54, 1.807) is 11.1 Å². The zero-order valence-corrected chi connectivity index (χ0v) is 17.1. The summed E-state index contributed by atoms with van der Waals surface area (Å²) in [6, 6.07) is 14.8. The number of benzene rings is 2. The normalized spacial score (nSPS) is 22.6. The van der Waals surface area contributed by atoms with Crippen LogP contribution in [-0.4, -0.2) is 40.7 Å². The van der Waals surface area contributed by atoms with E-state index in [0.29, 0.717) is 19.0 Å². The van der Waals surface area contributed by atoms with E-state index in [2.05, 4.69) is 24.0 Å². The SMILES string of the molecule is Cc1ccc(C2=NN(C(=O)CN3CCCCC3C)C(c3cccc(F)c3)C2)cc1. The lowest BCUT2D eigenvalue weighted by Crippen LogP contribution is -2.44. The van der Waals surface area contributed by atoms with Gasteiger partial charge in [-0.25, -0.2) is 9.40 Å². The largest absolute Gasteiger partial charge is 0.292 e. The monoisotopic (exact) mass is 393 g/mol. The van der Waals surface area contributed by atoms with E-state index in [1.807, 2.05) is 25.1 Å². The van der Waals surface area contributed by atoms with Gasteiger partial charge in [-0.3, -0.25) is 9.69 Å². The highest BCUT2D eigenvalue weighted by Gasteiger charge is 2.34. The van der Waals surface area contributed by atoms with Gasteiger partial charge in [0.05, 0.1) is 18.3 Å². The van der Waals surface area contributed by atoms with Crippen LogP contribution in [0.15, 0.2) is 53.6 Å². The lowest BCUT2D eigenvalue weighted by Gasteiger charge is -2.34. The van der Waals surface area contributed by atoms with Crippen LogP contribution in [0.3, 0.4) is 0 Å². The molecule has 2 unspecified atom stereocenters. The Bertz CT molecular complexity index is 909. The molecule has 1 amide bonds. The van der Waals surface area contributed by atoms with Crippen LogP contribution in [0, 0.1) is 12.7 Å². The average Bonchev–Trinajstić information content (AvgIpc) is 3.16. The van der Waals surface area contributed by atoms with E-state index in [4.69, 9.17) is 5.10 Å². The summed E-state index contributed by atoms with van der Waals surface area (Å²) in [6.07, 6.45) is 4.06. The van der Waals surface area contributed by atoms with Crippen molar-refractivity contribution in [1.82, 2.24) is 9.91 Å². The molecule has 152 valence electrons. The molecule has 0 radical (unpaired) electrons. The van der Waals surface area contributed by atoms with Gasteiger partial charge in [0.25, 0.3) is 5.91 Å². The van der Waals surface area contributed by atoms with Gasteiger partial charge >= 0.3 is 0 Å². The van der Waals surface area contributed by atoms with Crippen molar-refractivity contribution in [3.63, 3.8) is 0 Å². The minimum absolute atomic E-state index is 0.0184. The van der Waals surface area contributed by atoms with Crippen LogP contribution in [-0.2, 0) is 4.79 Å². The first-order valence-corrected chi connectivity index (χ1v) is 10.5. The van der Waals surface area contributed by atoms with Gasteiger partial charge in [0.15, 0.2) is 0 Å². The molecule has 5 heteroatoms. The van der Waals surface area contributed by atoms with Gasteiger partial charge in [0.2, 0.25) is 0 Å². The van der Waals surface area contributed by atoms with Crippen molar-refractivity contribution < 1.29 is 9.18 Å². The Balaban J connectivity index is 1.61. The molecule has 2 atom stereocenters. The zero-order chi connectivity index (χ0) is 20.4. The number of amides is 1. The molecule has 2 heterocycles. The number of hydrogen-bond acceptors (Lipinski definition) is 3. The van der Waals surface area contributed by atoms with Crippen molar-refractivity contribution in [1.29, 1.82) is 0 Å². The molecular weight excluding hydrogens is 365 g/mol. The number of hydrazone groups is 1. The van der Waals surface area contributed by atoms with E-state index in [0.717, 1.165) is 36.2 Å². The Morgan fingerprint density at radius 3 is 2.69 bits per heavy atom. The van der Waals surface area contributed by atoms with Gasteiger partial charge in [-0.1, -0.05) is 48.4 Å². The van der Waals surface area contributed by atoms with Crippen LogP contribution in [0.5, 0.6) is 0 Å². The van der Waals surface area contributed by atoms with Gasteiger partial charge in [0.1, 0.15) is 5.82 Å². The molecule has 0 bridgehead atoms. The van der Waals surface area contributed by atoms with Crippen molar-refractivity contribution in [3.05, 3.63) is 71.0 Å². The van der Waals surface area contributed by atoms with Crippen molar-refractivity contribution in [2.24, 2.45) is 5.10 Å². The number of carbonyl (C=O) groups excluding carboxylic acids is 1. The van der Waals surface area contributed by atoms with Crippen LogP contribution in [0.1, 0.15) is 55.3 Å². The molecule has 4 nitrogen and oxygen atoms in total. The maximum Gasteiger partial charge on any atom is 0.257 e. The molecule has 2 aromatic rings. The fourth-order valence-corrected chi connectivity index (χ4v) is 4.27. The van der Waals surface area contributed by atoms with Gasteiger partial charge in [-0.05, 0) is 56.5 Å². The Morgan fingerprint density at radius 2 is 1.97 bits per heavy atom. The first-order chi connectivity index (χ1) is 14.0. The number of aryl methyl sites for hydroxylation is 1. The summed E-state index contributed by atoms with van der Waals surface area (Å²) < 4.78 is 13.9. The molecule has 2 aliphatic heterocycles. The average molecular weight is 394 g/mol. The molecule has 2 aliphatic rings. The van der Waals surface area contributed by atoms with Crippen LogP contribution in [0.2, 0.25) is 0 Å². The Morgan fingerprint density at radius 1 is 1.17 bits per heavy atom. The minimum Gasteiger partial charge on any atom is -0.292 e. The second kappa shape index (κ2) is 8.46. The third kappa shape index (κ3) is 4.40. The Hall–Kier alpha value is -2.53. The number of nitrogens with zero attached hydrogens (tertiary/aromatic N) is 3. The molecule has 0 spiro atoms. The summed E-state index contributed by atoms with van der Waals surface area (Å²) in [5.41, 5.74) is 3.86. The molecule has 0 aliphatic carbocycles. The summed E-state index contributed by atoms with van der Waals surface area (Å²) >= 11 is 0. The van der Waals surface area contributed by atoms with Gasteiger partial charge in [-0.15, -0.1) is 0 Å². The maximum atomic E-state index is 13.9. The smallest absolute Gasteiger partial charge is 0.257 e. The molecule has 0 N–H and O–H groups in total. The first kappa shape index (κ1) is 19.8. The van der Waals surface area contributed by atoms with Gasteiger partial charge in [0, 0.05) is 12.5 Å². The lowest BCUT2D eigenvalue weighted by molar-refractivity contribution is -0.135. The second-order valence-corrected chi connectivity index (χ2v) is 8.24. The highest BCUT2D eigenvalue weighted by Crippen LogP contribution is 2.33. The molecule has 2 aromatic carbocycles. The summed E-state index contributed by atoms with van der Waals surface area (Å²) in [5.74, 6) is -0.307. The molecule has 0 saturated carbocycles. The summed E-state index contributed by atoms with van der Waals surface area (Å²) in [7, 11) is 0. The number of carbonyl (C=O) groups is 1. The van der Waals surface area contributed by atoms with Crippen molar-refractivity contribution in [3.8, 4) is 0 Å². The quantitative estimate of drug-likeness (QED) is 0.756. The number of halogens is 1.